The summed E-state index contributed by atoms with van der Waals surface area (Å²) in [5.41, 5.74) is -0.496. The van der Waals surface area contributed by atoms with Gasteiger partial charge >= 0.3 is 11.9 Å². The Bertz CT molecular complexity index is 629. The van der Waals surface area contributed by atoms with Crippen molar-refractivity contribution in [2.45, 2.75) is 52.7 Å². The predicted octanol–water partition coefficient (Wildman–Crippen LogP) is 1.63. The summed E-state index contributed by atoms with van der Waals surface area (Å²) in [5, 5.41) is 20.0. The molecule has 0 radical (unpaired) electrons. The number of fused-ring (bicyclic) bond motifs is 1. The van der Waals surface area contributed by atoms with Gasteiger partial charge in [-0.2, -0.15) is 0 Å². The lowest BCUT2D eigenvalue weighted by Gasteiger charge is -2.50. The van der Waals surface area contributed by atoms with Gasteiger partial charge in [0.25, 0.3) is 0 Å². The van der Waals surface area contributed by atoms with E-state index in [0.717, 1.165) is 0 Å². The highest BCUT2D eigenvalue weighted by Gasteiger charge is 2.53. The number of ether oxygens (including phenoxy) is 1. The summed E-state index contributed by atoms with van der Waals surface area (Å²) < 4.78 is 5.31. The first kappa shape index (κ1) is 17.4. The third kappa shape index (κ3) is 2.72. The van der Waals surface area contributed by atoms with E-state index >= 15 is 0 Å². The van der Waals surface area contributed by atoms with Gasteiger partial charge in [-0.25, -0.2) is 4.79 Å². The number of carbonyl (C=O) groups is 3. The maximum Gasteiger partial charge on any atom is 0.331 e. The molecule has 1 saturated carbocycles. The molecule has 2 rings (SSSR count). The lowest BCUT2D eigenvalue weighted by atomic mass is 9.56. The first-order valence-electron chi connectivity index (χ1n) is 7.66. The molecule has 6 nitrogen and oxygen atoms in total. The molecule has 23 heavy (non-hydrogen) atoms. The molecule has 0 heterocycles. The molecular weight excluding hydrogens is 300 g/mol. The average Bonchev–Trinajstić information content (AvgIpc) is 2.45. The zero-order valence-electron chi connectivity index (χ0n) is 13.8. The zero-order chi connectivity index (χ0) is 17.5. The highest BCUT2D eigenvalue weighted by Crippen LogP contribution is 2.52. The Morgan fingerprint density at radius 3 is 2.43 bits per heavy atom. The van der Waals surface area contributed by atoms with E-state index in [1.54, 1.807) is 6.92 Å². The summed E-state index contributed by atoms with van der Waals surface area (Å²) in [6.07, 6.45) is 0.839. The molecule has 2 N–H and O–H groups in total. The van der Waals surface area contributed by atoms with Gasteiger partial charge in [-0.1, -0.05) is 13.8 Å². The van der Waals surface area contributed by atoms with Gasteiger partial charge in [-0.05, 0) is 37.3 Å². The molecule has 4 unspecified atom stereocenters. The minimum Gasteiger partial charge on any atom is -0.478 e. The van der Waals surface area contributed by atoms with E-state index in [9.17, 15) is 24.6 Å². The Labute approximate surface area is 134 Å². The molecule has 0 bridgehead atoms. The quantitative estimate of drug-likeness (QED) is 0.592. The van der Waals surface area contributed by atoms with Gasteiger partial charge in [0.05, 0.1) is 6.10 Å². The van der Waals surface area contributed by atoms with E-state index in [1.165, 1.54) is 19.9 Å². The lowest BCUT2D eigenvalue weighted by Crippen LogP contribution is -2.52. The minimum atomic E-state index is -1.24. The summed E-state index contributed by atoms with van der Waals surface area (Å²) in [5.74, 6) is -2.19. The first-order valence-corrected chi connectivity index (χ1v) is 7.66. The molecule has 0 aliphatic heterocycles. The summed E-state index contributed by atoms with van der Waals surface area (Å²) in [7, 11) is 0. The van der Waals surface area contributed by atoms with Gasteiger partial charge in [-0.15, -0.1) is 0 Å². The van der Waals surface area contributed by atoms with Crippen LogP contribution in [0.4, 0.5) is 0 Å². The number of hydrogen-bond donors (Lipinski definition) is 2. The van der Waals surface area contributed by atoms with Crippen LogP contribution >= 0.6 is 0 Å². The van der Waals surface area contributed by atoms with E-state index in [0.29, 0.717) is 18.4 Å². The topological polar surface area (TPSA) is 101 Å². The minimum absolute atomic E-state index is 0.0141. The molecule has 2 aliphatic rings. The number of esters is 1. The molecule has 4 atom stereocenters. The van der Waals surface area contributed by atoms with Gasteiger partial charge < -0.3 is 14.9 Å². The third-order valence-electron chi connectivity index (χ3n) is 5.28. The van der Waals surface area contributed by atoms with E-state index in [-0.39, 0.29) is 17.1 Å². The molecule has 1 fully saturated rings. The molecule has 0 aromatic carbocycles. The SMILES string of the molecule is CC(=O)OC1CCC(C)C2(C)C1=CC(=O)C(=C(C)C(=O)O)C2O. The number of hydrogen-bond acceptors (Lipinski definition) is 5. The van der Waals surface area contributed by atoms with E-state index in [2.05, 4.69) is 0 Å². The fourth-order valence-electron chi connectivity index (χ4n) is 3.65. The van der Waals surface area contributed by atoms with Crippen LogP contribution in [-0.2, 0) is 19.1 Å². The Hall–Kier alpha value is -1.95. The molecule has 0 aromatic heterocycles. The molecule has 0 amide bonds. The van der Waals surface area contributed by atoms with Crippen molar-refractivity contribution in [3.8, 4) is 0 Å². The van der Waals surface area contributed by atoms with Crippen molar-refractivity contribution in [1.82, 2.24) is 0 Å². The van der Waals surface area contributed by atoms with Gasteiger partial charge in [0.1, 0.15) is 6.10 Å². The summed E-state index contributed by atoms with van der Waals surface area (Å²) in [6.45, 7) is 6.37. The highest BCUT2D eigenvalue weighted by atomic mass is 16.5. The summed E-state index contributed by atoms with van der Waals surface area (Å²) in [6, 6.07) is 0. The number of allylic oxidation sites excluding steroid dienone is 1. The normalized spacial score (nSPS) is 36.0. The smallest absolute Gasteiger partial charge is 0.331 e. The van der Waals surface area contributed by atoms with Crippen LogP contribution < -0.4 is 0 Å². The molecule has 0 spiro atoms. The van der Waals surface area contributed by atoms with Crippen LogP contribution in [0.5, 0.6) is 0 Å². The standard InChI is InChI=1S/C17H22O6/c1-8-5-6-13(23-10(3)18)11-7-12(19)14(9(2)16(21)22)15(20)17(8,11)4/h7-8,13,15,20H,5-6H2,1-4H3,(H,21,22). The van der Waals surface area contributed by atoms with Crippen LogP contribution in [0, 0.1) is 11.3 Å². The number of aliphatic carboxylic acids is 1. The maximum absolute atomic E-state index is 12.4. The second kappa shape index (κ2) is 5.92. The van der Waals surface area contributed by atoms with Crippen LogP contribution in [0.1, 0.15) is 40.5 Å². The number of ketones is 1. The Balaban J connectivity index is 2.61. The molecule has 0 aromatic rings. The van der Waals surface area contributed by atoms with Crippen LogP contribution in [0.2, 0.25) is 0 Å². The van der Waals surface area contributed by atoms with Gasteiger partial charge in [0, 0.05) is 23.5 Å². The highest BCUT2D eigenvalue weighted by molar-refractivity contribution is 6.11. The zero-order valence-corrected chi connectivity index (χ0v) is 13.8. The van der Waals surface area contributed by atoms with Crippen molar-refractivity contribution in [2.75, 3.05) is 0 Å². The largest absolute Gasteiger partial charge is 0.478 e. The van der Waals surface area contributed by atoms with E-state index in [4.69, 9.17) is 4.74 Å². The predicted molar refractivity (Wildman–Crippen MR) is 81.5 cm³/mol. The number of aliphatic hydroxyl groups excluding tert-OH is 1. The number of carboxylic acid groups (broad SMARTS) is 1. The second-order valence-electron chi connectivity index (χ2n) is 6.57. The van der Waals surface area contributed by atoms with Crippen LogP contribution in [0.25, 0.3) is 0 Å². The maximum atomic E-state index is 12.4. The van der Waals surface area contributed by atoms with Gasteiger partial charge in [0.15, 0.2) is 5.78 Å². The lowest BCUT2D eigenvalue weighted by molar-refractivity contribution is -0.148. The van der Waals surface area contributed by atoms with Crippen LogP contribution in [-0.4, -0.2) is 40.1 Å². The Kier molecular flexibility index (Phi) is 4.48. The average molecular weight is 322 g/mol. The molecule has 2 aliphatic carbocycles. The molecular formula is C17H22O6. The number of carbonyl (C=O) groups excluding carboxylic acids is 2. The molecule has 126 valence electrons. The number of rotatable bonds is 2. The van der Waals surface area contributed by atoms with Crippen molar-refractivity contribution >= 4 is 17.7 Å². The molecule has 6 heteroatoms. The van der Waals surface area contributed by atoms with E-state index in [1.807, 2.05) is 6.92 Å². The first-order chi connectivity index (χ1) is 10.6. The van der Waals surface area contributed by atoms with Crippen molar-refractivity contribution < 1.29 is 29.3 Å². The Morgan fingerprint density at radius 2 is 1.91 bits per heavy atom. The van der Waals surface area contributed by atoms with Crippen molar-refractivity contribution in [3.63, 3.8) is 0 Å². The van der Waals surface area contributed by atoms with Crippen molar-refractivity contribution in [1.29, 1.82) is 0 Å². The fourth-order valence-corrected chi connectivity index (χ4v) is 3.65. The molecule has 0 saturated heterocycles. The van der Waals surface area contributed by atoms with Crippen LogP contribution in [0.3, 0.4) is 0 Å². The van der Waals surface area contributed by atoms with Gasteiger partial charge in [0.2, 0.25) is 0 Å². The summed E-state index contributed by atoms with van der Waals surface area (Å²) in [4.78, 5) is 34.9. The van der Waals surface area contributed by atoms with Crippen LogP contribution in [0.15, 0.2) is 22.8 Å². The van der Waals surface area contributed by atoms with E-state index < -0.39 is 35.3 Å². The van der Waals surface area contributed by atoms with Crippen molar-refractivity contribution in [3.05, 3.63) is 22.8 Å². The van der Waals surface area contributed by atoms with Gasteiger partial charge in [-0.3, -0.25) is 9.59 Å². The fraction of sp³-hybridized carbons (Fsp3) is 0.588. The van der Waals surface area contributed by atoms with Crippen molar-refractivity contribution in [2.24, 2.45) is 11.3 Å². The summed E-state index contributed by atoms with van der Waals surface area (Å²) >= 11 is 0. The monoisotopic (exact) mass is 322 g/mol. The number of carboxylic acids is 1. The third-order valence-corrected chi connectivity index (χ3v) is 5.28. The second-order valence-corrected chi connectivity index (χ2v) is 6.57. The number of aliphatic hydroxyl groups is 1. The Morgan fingerprint density at radius 1 is 1.30 bits per heavy atom.